The lowest BCUT2D eigenvalue weighted by Crippen LogP contribution is -2.43. The van der Waals surface area contributed by atoms with Gasteiger partial charge in [0.25, 0.3) is 5.91 Å². The van der Waals surface area contributed by atoms with E-state index in [9.17, 15) is 4.79 Å². The highest BCUT2D eigenvalue weighted by Crippen LogP contribution is 2.40. The van der Waals surface area contributed by atoms with Gasteiger partial charge in [0.05, 0.1) is 31.6 Å². The summed E-state index contributed by atoms with van der Waals surface area (Å²) in [6, 6.07) is 21.1. The maximum Gasteiger partial charge on any atom is 0.261 e. The first kappa shape index (κ1) is 25.1. The number of methoxy groups -OCH3 is 2. The van der Waals surface area contributed by atoms with Crippen molar-refractivity contribution in [2.45, 2.75) is 19.4 Å². The van der Waals surface area contributed by atoms with Crippen molar-refractivity contribution in [3.05, 3.63) is 100 Å². The number of aryl methyl sites for hydroxylation is 1. The number of fused-ring (bicyclic) bond motifs is 4. The highest BCUT2D eigenvalue weighted by molar-refractivity contribution is 6.31. The largest absolute Gasteiger partial charge is 0.493 e. The number of amides is 1. The number of benzene rings is 3. The molecule has 2 aromatic heterocycles. The van der Waals surface area contributed by atoms with Crippen LogP contribution in [0.25, 0.3) is 16.4 Å². The lowest BCUT2D eigenvalue weighted by molar-refractivity contribution is -0.135. The molecule has 1 unspecified atom stereocenters. The highest BCUT2D eigenvalue weighted by atomic mass is 35.5. The molecule has 0 saturated carbocycles. The second-order valence-electron chi connectivity index (χ2n) is 9.63. The molecule has 7 nitrogen and oxygen atoms in total. The van der Waals surface area contributed by atoms with Crippen LogP contribution in [0.5, 0.6) is 17.2 Å². The van der Waals surface area contributed by atoms with E-state index in [1.165, 1.54) is 0 Å². The Hall–Kier alpha value is -4.23. The average molecular weight is 542 g/mol. The number of aromatic nitrogens is 2. The zero-order valence-electron chi connectivity index (χ0n) is 22.0. The molecule has 3 heterocycles. The van der Waals surface area contributed by atoms with Crippen molar-refractivity contribution in [1.82, 2.24) is 14.3 Å². The van der Waals surface area contributed by atoms with Crippen LogP contribution in [-0.4, -0.2) is 47.6 Å². The third-order valence-electron chi connectivity index (χ3n) is 7.29. The van der Waals surface area contributed by atoms with Crippen molar-refractivity contribution in [1.29, 1.82) is 0 Å². The number of carbonyl (C=O) groups is 1. The van der Waals surface area contributed by atoms with Gasteiger partial charge in [-0.15, -0.1) is 0 Å². The van der Waals surface area contributed by atoms with Gasteiger partial charge in [-0.1, -0.05) is 48.0 Å². The first-order valence-electron chi connectivity index (χ1n) is 12.8. The van der Waals surface area contributed by atoms with Gasteiger partial charge < -0.3 is 23.5 Å². The van der Waals surface area contributed by atoms with Crippen LogP contribution < -0.4 is 14.2 Å². The van der Waals surface area contributed by atoms with Crippen LogP contribution in [0.3, 0.4) is 0 Å². The average Bonchev–Trinajstić information content (AvgIpc) is 3.32. The van der Waals surface area contributed by atoms with Crippen LogP contribution >= 0.6 is 11.6 Å². The van der Waals surface area contributed by atoms with Crippen molar-refractivity contribution in [3.63, 3.8) is 0 Å². The smallest absolute Gasteiger partial charge is 0.261 e. The number of imidazole rings is 1. The van der Waals surface area contributed by atoms with Crippen LogP contribution in [0.15, 0.2) is 72.9 Å². The number of halogens is 1. The van der Waals surface area contributed by atoms with Gasteiger partial charge in [-0.3, -0.25) is 4.79 Å². The van der Waals surface area contributed by atoms with Crippen molar-refractivity contribution >= 4 is 33.9 Å². The number of ether oxygens (including phenoxy) is 3. The van der Waals surface area contributed by atoms with E-state index in [1.54, 1.807) is 14.2 Å². The van der Waals surface area contributed by atoms with Crippen LogP contribution in [0.4, 0.5) is 0 Å². The van der Waals surface area contributed by atoms with E-state index < -0.39 is 6.04 Å². The molecule has 1 aliphatic rings. The Morgan fingerprint density at radius 1 is 1.00 bits per heavy atom. The fourth-order valence-electron chi connectivity index (χ4n) is 5.32. The molecule has 6 rings (SSSR count). The second kappa shape index (κ2) is 10.2. The summed E-state index contributed by atoms with van der Waals surface area (Å²) < 4.78 is 19.1. The zero-order valence-corrected chi connectivity index (χ0v) is 22.7. The Kier molecular flexibility index (Phi) is 6.53. The predicted octanol–water partition coefficient (Wildman–Crippen LogP) is 6.02. The number of hydrogen-bond acceptors (Lipinski definition) is 5. The molecule has 5 aromatic rings. The van der Waals surface area contributed by atoms with E-state index in [2.05, 4.69) is 0 Å². The van der Waals surface area contributed by atoms with Gasteiger partial charge >= 0.3 is 0 Å². The molecule has 39 heavy (non-hydrogen) atoms. The summed E-state index contributed by atoms with van der Waals surface area (Å²) in [5.74, 6) is 1.75. The minimum Gasteiger partial charge on any atom is -0.493 e. The van der Waals surface area contributed by atoms with Gasteiger partial charge in [0.2, 0.25) is 0 Å². The lowest BCUT2D eigenvalue weighted by Gasteiger charge is -2.36. The lowest BCUT2D eigenvalue weighted by atomic mass is 9.95. The molecule has 1 amide bonds. The van der Waals surface area contributed by atoms with E-state index in [0.29, 0.717) is 35.2 Å². The SMILES string of the molecule is COc1ccc(C2c3c(nc4cc(Cl)c(C)cn34)CCN2C(=O)COc2ccc3ccccc3c2)cc1OC. The summed E-state index contributed by atoms with van der Waals surface area (Å²) >= 11 is 6.43. The molecule has 1 atom stereocenters. The third-order valence-corrected chi connectivity index (χ3v) is 7.70. The fraction of sp³-hybridized carbons (Fsp3) is 0.226. The summed E-state index contributed by atoms with van der Waals surface area (Å²) in [7, 11) is 3.21. The van der Waals surface area contributed by atoms with Gasteiger partial charge in [0.1, 0.15) is 11.4 Å². The van der Waals surface area contributed by atoms with Gasteiger partial charge in [-0.25, -0.2) is 4.98 Å². The molecule has 8 heteroatoms. The second-order valence-corrected chi connectivity index (χ2v) is 10.0. The Morgan fingerprint density at radius 2 is 1.79 bits per heavy atom. The molecule has 0 saturated heterocycles. The fourth-order valence-corrected chi connectivity index (χ4v) is 5.47. The molecule has 0 bridgehead atoms. The van der Waals surface area contributed by atoms with Crippen LogP contribution in [0.1, 0.15) is 28.6 Å². The predicted molar refractivity (Wildman–Crippen MR) is 151 cm³/mol. The Balaban J connectivity index is 1.39. The van der Waals surface area contributed by atoms with E-state index in [4.69, 9.17) is 30.8 Å². The highest BCUT2D eigenvalue weighted by Gasteiger charge is 2.36. The summed E-state index contributed by atoms with van der Waals surface area (Å²) in [5.41, 5.74) is 4.45. The van der Waals surface area contributed by atoms with Gasteiger partial charge in [-0.05, 0) is 53.1 Å². The quantitative estimate of drug-likeness (QED) is 0.263. The number of rotatable bonds is 6. The minimum atomic E-state index is -0.406. The number of carbonyl (C=O) groups excluding carboxylic acids is 1. The summed E-state index contributed by atoms with van der Waals surface area (Å²) in [4.78, 5) is 20.5. The molecule has 0 spiro atoms. The van der Waals surface area contributed by atoms with Gasteiger partial charge in [0, 0.05) is 30.3 Å². The van der Waals surface area contributed by atoms with Crippen molar-refractivity contribution in [3.8, 4) is 17.2 Å². The minimum absolute atomic E-state index is 0.0843. The maximum absolute atomic E-state index is 13.8. The topological polar surface area (TPSA) is 65.3 Å². The molecule has 0 aliphatic carbocycles. The zero-order chi connectivity index (χ0) is 27.1. The molecule has 0 fully saturated rings. The molecular formula is C31H28ClN3O4. The Labute approximate surface area is 231 Å². The molecule has 0 N–H and O–H groups in total. The summed E-state index contributed by atoms with van der Waals surface area (Å²) in [6.07, 6.45) is 2.61. The monoisotopic (exact) mass is 541 g/mol. The summed E-state index contributed by atoms with van der Waals surface area (Å²) in [6.45, 7) is 2.38. The first-order valence-corrected chi connectivity index (χ1v) is 13.1. The van der Waals surface area contributed by atoms with E-state index in [-0.39, 0.29) is 12.5 Å². The van der Waals surface area contributed by atoms with Crippen LogP contribution in [-0.2, 0) is 11.2 Å². The number of hydrogen-bond donors (Lipinski definition) is 0. The van der Waals surface area contributed by atoms with E-state index >= 15 is 0 Å². The van der Waals surface area contributed by atoms with Crippen molar-refractivity contribution < 1.29 is 19.0 Å². The molecule has 198 valence electrons. The Morgan fingerprint density at radius 3 is 2.59 bits per heavy atom. The van der Waals surface area contributed by atoms with Crippen molar-refractivity contribution in [2.75, 3.05) is 27.4 Å². The molecular weight excluding hydrogens is 514 g/mol. The third kappa shape index (κ3) is 4.53. The molecule has 0 radical (unpaired) electrons. The van der Waals surface area contributed by atoms with Crippen LogP contribution in [0.2, 0.25) is 5.02 Å². The standard InChI is InChI=1S/C31H28ClN3O4/c1-19-17-35-28(16-24(19)32)33-25-12-13-34(30(31(25)35)22-9-11-26(37-2)27(15-22)38-3)29(36)18-39-23-10-8-20-6-4-5-7-21(20)14-23/h4-11,14-17,30H,12-13,18H2,1-3H3. The van der Waals surface area contributed by atoms with E-state index in [0.717, 1.165) is 38.9 Å². The Bertz CT molecular complexity index is 1710. The maximum atomic E-state index is 13.8. The number of pyridine rings is 1. The summed E-state index contributed by atoms with van der Waals surface area (Å²) in [5, 5.41) is 2.84. The molecule has 3 aromatic carbocycles. The van der Waals surface area contributed by atoms with Gasteiger partial charge in [0.15, 0.2) is 18.1 Å². The van der Waals surface area contributed by atoms with E-state index in [1.807, 2.05) is 89.2 Å². The normalized spacial score (nSPS) is 14.9. The molecule has 1 aliphatic heterocycles. The van der Waals surface area contributed by atoms with Crippen molar-refractivity contribution in [2.24, 2.45) is 0 Å². The number of nitrogens with zero attached hydrogens (tertiary/aromatic N) is 3. The first-order chi connectivity index (χ1) is 19.0. The van der Waals surface area contributed by atoms with Gasteiger partial charge in [-0.2, -0.15) is 0 Å². The van der Waals surface area contributed by atoms with Crippen LogP contribution in [0, 0.1) is 6.92 Å².